The van der Waals surface area contributed by atoms with Crippen LogP contribution in [-0.2, 0) is 12.6 Å². The lowest BCUT2D eigenvalue weighted by Crippen LogP contribution is -2.38. The number of benzene rings is 1. The summed E-state index contributed by atoms with van der Waals surface area (Å²) in [6.07, 6.45) is -1.12. The minimum Gasteiger partial charge on any atom is -0.436 e. The summed E-state index contributed by atoms with van der Waals surface area (Å²) < 4.78 is 45.8. The van der Waals surface area contributed by atoms with E-state index in [1.165, 1.54) is 0 Å². The maximum atomic E-state index is 13.4. The predicted molar refractivity (Wildman–Crippen MR) is 95.3 cm³/mol. The van der Waals surface area contributed by atoms with Gasteiger partial charge in [-0.2, -0.15) is 18.2 Å². The van der Waals surface area contributed by atoms with E-state index in [-0.39, 0.29) is 12.0 Å². The second-order valence-corrected chi connectivity index (χ2v) is 6.67. The van der Waals surface area contributed by atoms with E-state index in [4.69, 9.17) is 4.74 Å². The van der Waals surface area contributed by atoms with Crippen LogP contribution in [0, 0.1) is 0 Å². The largest absolute Gasteiger partial charge is 0.436 e. The normalized spacial score (nSPS) is 19.3. The summed E-state index contributed by atoms with van der Waals surface area (Å²) in [5, 5.41) is 9.48. The van der Waals surface area contributed by atoms with Gasteiger partial charge in [-0.15, -0.1) is 0 Å². The van der Waals surface area contributed by atoms with E-state index in [1.54, 1.807) is 12.1 Å². The fourth-order valence-corrected chi connectivity index (χ4v) is 3.36. The van der Waals surface area contributed by atoms with Gasteiger partial charge in [0.05, 0.1) is 5.69 Å². The molecule has 9 heteroatoms. The average Bonchev–Trinajstić information content (AvgIpc) is 3.12. The maximum absolute atomic E-state index is 13.4. The number of rotatable bonds is 4. The molecule has 1 saturated heterocycles. The molecule has 0 unspecified atom stereocenters. The van der Waals surface area contributed by atoms with Gasteiger partial charge < -0.3 is 20.7 Å². The molecule has 1 atom stereocenters. The fourth-order valence-electron chi connectivity index (χ4n) is 3.36. The van der Waals surface area contributed by atoms with E-state index in [0.717, 1.165) is 56.3 Å². The smallest absolute Gasteiger partial charge is 0.423 e. The molecule has 27 heavy (non-hydrogen) atoms. The van der Waals surface area contributed by atoms with Crippen molar-refractivity contribution in [2.24, 2.45) is 0 Å². The van der Waals surface area contributed by atoms with Crippen molar-refractivity contribution >= 4 is 11.6 Å². The molecule has 0 radical (unpaired) electrons. The number of aromatic nitrogens is 2. The van der Waals surface area contributed by atoms with Gasteiger partial charge >= 0.3 is 6.18 Å². The van der Waals surface area contributed by atoms with Crippen molar-refractivity contribution in [3.63, 3.8) is 0 Å². The van der Waals surface area contributed by atoms with Gasteiger partial charge in [0.2, 0.25) is 11.8 Å². The lowest BCUT2D eigenvalue weighted by molar-refractivity contribution is -0.139. The number of anilines is 2. The van der Waals surface area contributed by atoms with E-state index in [0.29, 0.717) is 5.75 Å². The van der Waals surface area contributed by atoms with Gasteiger partial charge in [-0.3, -0.25) is 0 Å². The van der Waals surface area contributed by atoms with Crippen LogP contribution < -0.4 is 20.7 Å². The average molecular weight is 379 g/mol. The number of piperidine rings is 1. The zero-order valence-corrected chi connectivity index (χ0v) is 14.6. The zero-order valence-electron chi connectivity index (χ0n) is 14.6. The summed E-state index contributed by atoms with van der Waals surface area (Å²) in [5.74, 6) is -0.0300. The third kappa shape index (κ3) is 3.92. The Morgan fingerprint density at radius 3 is 2.89 bits per heavy atom. The van der Waals surface area contributed by atoms with Crippen molar-refractivity contribution < 1.29 is 17.9 Å². The molecular weight excluding hydrogens is 359 g/mol. The molecule has 6 nitrogen and oxygen atoms in total. The van der Waals surface area contributed by atoms with E-state index in [9.17, 15) is 13.2 Å². The molecule has 1 aromatic carbocycles. The first-order valence-electron chi connectivity index (χ1n) is 8.96. The van der Waals surface area contributed by atoms with Gasteiger partial charge in [0.15, 0.2) is 5.75 Å². The standard InChI is InChI=1S/C18H20F3N5O/c19-18(20,21)13-10-24-17(25-12-4-2-7-22-9-12)26-16(13)27-14-5-1-3-11-6-8-23-15(11)14/h1,3,5,10,12,22-23H,2,4,6-9H2,(H,24,25,26)/t12-/m0/s1. The number of nitrogens with one attached hydrogen (secondary N) is 3. The number of hydrogen-bond acceptors (Lipinski definition) is 6. The first kappa shape index (κ1) is 17.8. The Kier molecular flexibility index (Phi) is 4.77. The number of para-hydroxylation sites is 1. The third-order valence-corrected chi connectivity index (χ3v) is 4.70. The van der Waals surface area contributed by atoms with Crippen molar-refractivity contribution in [3.05, 3.63) is 35.5 Å². The minimum absolute atomic E-state index is 0.0750. The van der Waals surface area contributed by atoms with Crippen LogP contribution in [0.25, 0.3) is 0 Å². The monoisotopic (exact) mass is 379 g/mol. The summed E-state index contributed by atoms with van der Waals surface area (Å²) >= 11 is 0. The van der Waals surface area contributed by atoms with E-state index >= 15 is 0 Å². The zero-order chi connectivity index (χ0) is 18.9. The molecule has 0 saturated carbocycles. The van der Waals surface area contributed by atoms with Crippen molar-refractivity contribution in [3.8, 4) is 11.6 Å². The topological polar surface area (TPSA) is 71.1 Å². The first-order chi connectivity index (χ1) is 13.0. The van der Waals surface area contributed by atoms with Crippen molar-refractivity contribution in [1.82, 2.24) is 15.3 Å². The van der Waals surface area contributed by atoms with E-state index < -0.39 is 17.6 Å². The van der Waals surface area contributed by atoms with Crippen LogP contribution in [0.15, 0.2) is 24.4 Å². The van der Waals surface area contributed by atoms with Crippen LogP contribution in [0.1, 0.15) is 24.0 Å². The first-order valence-corrected chi connectivity index (χ1v) is 8.96. The van der Waals surface area contributed by atoms with E-state index in [1.807, 2.05) is 6.07 Å². The highest BCUT2D eigenvalue weighted by molar-refractivity contribution is 5.66. The summed E-state index contributed by atoms with van der Waals surface area (Å²) in [7, 11) is 0. The molecular formula is C18H20F3N5O. The van der Waals surface area contributed by atoms with Crippen LogP contribution in [0.2, 0.25) is 0 Å². The van der Waals surface area contributed by atoms with Crippen molar-refractivity contribution in [2.75, 3.05) is 30.3 Å². The molecule has 2 aliphatic heterocycles. The van der Waals surface area contributed by atoms with Gasteiger partial charge in [0, 0.05) is 25.3 Å². The summed E-state index contributed by atoms with van der Waals surface area (Å²) in [4.78, 5) is 7.88. The number of ether oxygens (including phenoxy) is 1. The second kappa shape index (κ2) is 7.22. The SMILES string of the molecule is FC(F)(F)c1cnc(N[C@H]2CCCNC2)nc1Oc1cccc2c1NCC2. The molecule has 3 heterocycles. The summed E-state index contributed by atoms with van der Waals surface area (Å²) in [6, 6.07) is 5.40. The Bertz CT molecular complexity index is 821. The van der Waals surface area contributed by atoms with Gasteiger partial charge in [-0.1, -0.05) is 12.1 Å². The third-order valence-electron chi connectivity index (χ3n) is 4.70. The van der Waals surface area contributed by atoms with Crippen LogP contribution in [-0.4, -0.2) is 35.6 Å². The quantitative estimate of drug-likeness (QED) is 0.756. The van der Waals surface area contributed by atoms with Gasteiger partial charge in [-0.25, -0.2) is 4.98 Å². The Balaban J connectivity index is 1.64. The molecule has 3 N–H and O–H groups in total. The van der Waals surface area contributed by atoms with Gasteiger partial charge in [0.25, 0.3) is 0 Å². The summed E-state index contributed by atoms with van der Waals surface area (Å²) in [5.41, 5.74) is 0.738. The number of fused-ring (bicyclic) bond motifs is 1. The van der Waals surface area contributed by atoms with Gasteiger partial charge in [0.1, 0.15) is 5.56 Å². The summed E-state index contributed by atoms with van der Waals surface area (Å²) in [6.45, 7) is 2.39. The van der Waals surface area contributed by atoms with Crippen LogP contribution in [0.4, 0.5) is 24.8 Å². The Labute approximate surface area is 154 Å². The lowest BCUT2D eigenvalue weighted by atomic mass is 10.1. The number of halogens is 3. The molecule has 1 aromatic heterocycles. The molecule has 144 valence electrons. The highest BCUT2D eigenvalue weighted by atomic mass is 19.4. The molecule has 2 aliphatic rings. The second-order valence-electron chi connectivity index (χ2n) is 6.67. The number of alkyl halides is 3. The Morgan fingerprint density at radius 2 is 2.11 bits per heavy atom. The molecule has 0 amide bonds. The maximum Gasteiger partial charge on any atom is 0.423 e. The molecule has 0 bridgehead atoms. The minimum atomic E-state index is -4.61. The number of hydrogen-bond donors (Lipinski definition) is 3. The highest BCUT2D eigenvalue weighted by Crippen LogP contribution is 2.40. The van der Waals surface area contributed by atoms with Crippen molar-refractivity contribution in [2.45, 2.75) is 31.5 Å². The van der Waals surface area contributed by atoms with Crippen LogP contribution in [0.5, 0.6) is 11.6 Å². The Morgan fingerprint density at radius 1 is 1.22 bits per heavy atom. The lowest BCUT2D eigenvalue weighted by Gasteiger charge is -2.24. The molecule has 2 aromatic rings. The molecule has 0 spiro atoms. The highest BCUT2D eigenvalue weighted by Gasteiger charge is 2.37. The van der Waals surface area contributed by atoms with Gasteiger partial charge in [-0.05, 0) is 37.4 Å². The molecule has 1 fully saturated rings. The predicted octanol–water partition coefficient (Wildman–Crippen LogP) is 3.42. The van der Waals surface area contributed by atoms with Crippen LogP contribution >= 0.6 is 0 Å². The Hall–Kier alpha value is -2.55. The van der Waals surface area contributed by atoms with E-state index in [2.05, 4.69) is 25.9 Å². The fraction of sp³-hybridized carbons (Fsp3) is 0.444. The van der Waals surface area contributed by atoms with Crippen molar-refractivity contribution in [1.29, 1.82) is 0 Å². The number of nitrogens with zero attached hydrogens (tertiary/aromatic N) is 2. The molecule has 0 aliphatic carbocycles. The van der Waals surface area contributed by atoms with Crippen LogP contribution in [0.3, 0.4) is 0 Å². The molecule has 4 rings (SSSR count).